The third kappa shape index (κ3) is 5.28. The Morgan fingerprint density at radius 3 is 2.65 bits per heavy atom. The van der Waals surface area contributed by atoms with Gasteiger partial charge in [0.2, 0.25) is 0 Å². The molecule has 1 atom stereocenters. The Kier molecular flexibility index (Phi) is 6.59. The molecule has 2 aromatic carbocycles. The number of nitrogens with one attached hydrogen (secondary N) is 3. The van der Waals surface area contributed by atoms with E-state index in [0.717, 1.165) is 49.1 Å². The molecule has 1 aliphatic rings. The van der Waals surface area contributed by atoms with Gasteiger partial charge in [0.05, 0.1) is 30.7 Å². The van der Waals surface area contributed by atoms with Gasteiger partial charge in [-0.1, -0.05) is 12.1 Å². The highest BCUT2D eigenvalue weighted by Crippen LogP contribution is 2.18. The summed E-state index contributed by atoms with van der Waals surface area (Å²) in [4.78, 5) is 35.5. The third-order valence-electron chi connectivity index (χ3n) is 5.52. The summed E-state index contributed by atoms with van der Waals surface area (Å²) in [5, 5.41) is 3.54. The molecule has 8 heteroatoms. The fourth-order valence-corrected chi connectivity index (χ4v) is 3.78. The van der Waals surface area contributed by atoms with E-state index in [0.29, 0.717) is 23.3 Å². The number of H-pyrrole nitrogens is 1. The average molecular weight is 423 g/mol. The second kappa shape index (κ2) is 9.72. The van der Waals surface area contributed by atoms with Gasteiger partial charge < -0.3 is 24.8 Å². The highest BCUT2D eigenvalue weighted by atomic mass is 16.5. The van der Waals surface area contributed by atoms with Gasteiger partial charge in [-0.3, -0.25) is 9.59 Å². The van der Waals surface area contributed by atoms with E-state index in [2.05, 4.69) is 20.2 Å². The SMILES string of the molecule is CC[NH+](CC(=O)Nc1ccc(N2CCOCC2)cc1)Cc1nc2ccccc2c(=O)[nH]1. The second-order valence-corrected chi connectivity index (χ2v) is 7.68. The first-order valence-electron chi connectivity index (χ1n) is 10.7. The Bertz CT molecular complexity index is 1090. The van der Waals surface area contributed by atoms with Crippen molar-refractivity contribution < 1.29 is 14.4 Å². The topological polar surface area (TPSA) is 91.8 Å². The lowest BCUT2D eigenvalue weighted by Crippen LogP contribution is -3.11. The molecule has 2 heterocycles. The van der Waals surface area contributed by atoms with E-state index < -0.39 is 0 Å². The van der Waals surface area contributed by atoms with Crippen molar-refractivity contribution in [3.8, 4) is 0 Å². The Morgan fingerprint density at radius 2 is 1.90 bits per heavy atom. The molecule has 1 fully saturated rings. The van der Waals surface area contributed by atoms with Gasteiger partial charge in [-0.25, -0.2) is 4.98 Å². The number of aromatic amines is 1. The number of fused-ring (bicyclic) bond motifs is 1. The number of ether oxygens (including phenoxy) is 1. The summed E-state index contributed by atoms with van der Waals surface area (Å²) >= 11 is 0. The third-order valence-corrected chi connectivity index (χ3v) is 5.52. The zero-order valence-corrected chi connectivity index (χ0v) is 17.7. The summed E-state index contributed by atoms with van der Waals surface area (Å²) in [6.07, 6.45) is 0. The number of quaternary nitrogens is 1. The summed E-state index contributed by atoms with van der Waals surface area (Å²) in [5.74, 6) is 0.516. The monoisotopic (exact) mass is 422 g/mol. The van der Waals surface area contributed by atoms with Crippen LogP contribution in [0.4, 0.5) is 11.4 Å². The van der Waals surface area contributed by atoms with Gasteiger partial charge in [-0.2, -0.15) is 0 Å². The number of para-hydroxylation sites is 1. The molecule has 31 heavy (non-hydrogen) atoms. The lowest BCUT2D eigenvalue weighted by molar-refractivity contribution is -0.904. The van der Waals surface area contributed by atoms with Crippen LogP contribution in [-0.4, -0.2) is 55.3 Å². The molecular weight excluding hydrogens is 394 g/mol. The molecule has 0 saturated carbocycles. The summed E-state index contributed by atoms with van der Waals surface area (Å²) in [5.41, 5.74) is 2.42. The minimum absolute atomic E-state index is 0.0703. The van der Waals surface area contributed by atoms with E-state index in [1.54, 1.807) is 6.07 Å². The number of hydrogen-bond donors (Lipinski definition) is 3. The number of aromatic nitrogens is 2. The number of likely N-dealkylation sites (N-methyl/N-ethyl adjacent to an activating group) is 1. The van der Waals surface area contributed by atoms with Crippen LogP contribution >= 0.6 is 0 Å². The van der Waals surface area contributed by atoms with Crippen molar-refractivity contribution in [3.63, 3.8) is 0 Å². The maximum atomic E-state index is 12.6. The fourth-order valence-electron chi connectivity index (χ4n) is 3.78. The van der Waals surface area contributed by atoms with Gasteiger partial charge in [0, 0.05) is 24.5 Å². The standard InChI is InChI=1S/C23H27N5O3/c1-2-27(15-21-25-20-6-4-3-5-19(20)23(30)26-21)16-22(29)24-17-7-9-18(10-8-17)28-11-13-31-14-12-28/h3-10H,2,11-16H2,1H3,(H,24,29)(H,25,26,30)/p+1. The number of amides is 1. The predicted octanol–water partition coefficient (Wildman–Crippen LogP) is 0.803. The molecule has 1 aromatic heterocycles. The maximum Gasteiger partial charge on any atom is 0.279 e. The zero-order chi connectivity index (χ0) is 21.6. The number of benzene rings is 2. The summed E-state index contributed by atoms with van der Waals surface area (Å²) in [6.45, 7) is 6.75. The molecule has 3 aromatic rings. The van der Waals surface area contributed by atoms with E-state index in [9.17, 15) is 9.59 Å². The van der Waals surface area contributed by atoms with E-state index in [4.69, 9.17) is 4.74 Å². The van der Waals surface area contributed by atoms with Crippen molar-refractivity contribution >= 4 is 28.2 Å². The highest BCUT2D eigenvalue weighted by molar-refractivity contribution is 5.91. The lowest BCUT2D eigenvalue weighted by atomic mass is 10.2. The molecule has 1 unspecified atom stereocenters. The van der Waals surface area contributed by atoms with Gasteiger partial charge in [-0.15, -0.1) is 0 Å². The smallest absolute Gasteiger partial charge is 0.279 e. The number of rotatable bonds is 7. The molecule has 8 nitrogen and oxygen atoms in total. The van der Waals surface area contributed by atoms with Crippen LogP contribution in [-0.2, 0) is 16.1 Å². The molecule has 1 amide bonds. The minimum atomic E-state index is -0.152. The predicted molar refractivity (Wildman–Crippen MR) is 121 cm³/mol. The largest absolute Gasteiger partial charge is 0.378 e. The van der Waals surface area contributed by atoms with Crippen molar-refractivity contribution in [2.45, 2.75) is 13.5 Å². The van der Waals surface area contributed by atoms with Crippen LogP contribution in [0.1, 0.15) is 12.7 Å². The van der Waals surface area contributed by atoms with E-state index in [-0.39, 0.29) is 18.0 Å². The van der Waals surface area contributed by atoms with Crippen LogP contribution in [0.15, 0.2) is 53.3 Å². The van der Waals surface area contributed by atoms with Crippen molar-refractivity contribution in [1.82, 2.24) is 9.97 Å². The molecule has 0 bridgehead atoms. The quantitative estimate of drug-likeness (QED) is 0.524. The molecular formula is C23H28N5O3+. The van der Waals surface area contributed by atoms with E-state index in [1.807, 2.05) is 49.4 Å². The van der Waals surface area contributed by atoms with Gasteiger partial charge in [0.1, 0.15) is 6.54 Å². The molecule has 162 valence electrons. The first kappa shape index (κ1) is 21.0. The van der Waals surface area contributed by atoms with Crippen molar-refractivity contribution in [2.24, 2.45) is 0 Å². The fraction of sp³-hybridized carbons (Fsp3) is 0.348. The molecule has 1 saturated heterocycles. The van der Waals surface area contributed by atoms with Crippen LogP contribution < -0.4 is 20.7 Å². The molecule has 3 N–H and O–H groups in total. The Balaban J connectivity index is 1.36. The van der Waals surface area contributed by atoms with Crippen LogP contribution in [0, 0.1) is 0 Å². The Hall–Kier alpha value is -3.23. The number of carbonyl (C=O) groups excluding carboxylic acids is 1. The Morgan fingerprint density at radius 1 is 1.16 bits per heavy atom. The van der Waals surface area contributed by atoms with Gasteiger partial charge in [-0.05, 0) is 43.3 Å². The van der Waals surface area contributed by atoms with Crippen molar-refractivity contribution in [1.29, 1.82) is 0 Å². The van der Waals surface area contributed by atoms with Crippen LogP contribution in [0.5, 0.6) is 0 Å². The zero-order valence-electron chi connectivity index (χ0n) is 17.7. The Labute approximate surface area is 180 Å². The van der Waals surface area contributed by atoms with Crippen LogP contribution in [0.3, 0.4) is 0 Å². The highest BCUT2D eigenvalue weighted by Gasteiger charge is 2.16. The molecule has 0 radical (unpaired) electrons. The number of anilines is 2. The van der Waals surface area contributed by atoms with Gasteiger partial charge in [0.15, 0.2) is 12.4 Å². The van der Waals surface area contributed by atoms with Crippen LogP contribution in [0.2, 0.25) is 0 Å². The van der Waals surface area contributed by atoms with Crippen LogP contribution in [0.25, 0.3) is 10.9 Å². The molecule has 0 spiro atoms. The normalized spacial score (nSPS) is 15.1. The summed E-state index contributed by atoms with van der Waals surface area (Å²) < 4.78 is 5.39. The molecule has 4 rings (SSSR count). The van der Waals surface area contributed by atoms with Gasteiger partial charge in [0.25, 0.3) is 11.5 Å². The summed E-state index contributed by atoms with van der Waals surface area (Å²) in [6, 6.07) is 15.2. The molecule has 0 aliphatic carbocycles. The number of morpholine rings is 1. The number of carbonyl (C=O) groups is 1. The maximum absolute atomic E-state index is 12.6. The lowest BCUT2D eigenvalue weighted by Gasteiger charge is -2.28. The van der Waals surface area contributed by atoms with Crippen molar-refractivity contribution in [3.05, 3.63) is 64.7 Å². The average Bonchev–Trinajstić information content (AvgIpc) is 2.80. The van der Waals surface area contributed by atoms with E-state index in [1.165, 1.54) is 0 Å². The van der Waals surface area contributed by atoms with Crippen molar-refractivity contribution in [2.75, 3.05) is 49.6 Å². The summed E-state index contributed by atoms with van der Waals surface area (Å²) in [7, 11) is 0. The minimum Gasteiger partial charge on any atom is -0.378 e. The first-order chi connectivity index (χ1) is 15.1. The number of hydrogen-bond acceptors (Lipinski definition) is 5. The van der Waals surface area contributed by atoms with E-state index >= 15 is 0 Å². The second-order valence-electron chi connectivity index (χ2n) is 7.68. The first-order valence-corrected chi connectivity index (χ1v) is 10.7. The number of nitrogens with zero attached hydrogens (tertiary/aromatic N) is 2. The molecule has 1 aliphatic heterocycles. The van der Waals surface area contributed by atoms with Gasteiger partial charge >= 0.3 is 0 Å².